The Morgan fingerprint density at radius 2 is 1.82 bits per heavy atom. The lowest BCUT2D eigenvalue weighted by molar-refractivity contribution is 0.963. The van der Waals surface area contributed by atoms with Gasteiger partial charge >= 0.3 is 0 Å². The van der Waals surface area contributed by atoms with Gasteiger partial charge in [0.25, 0.3) is 0 Å². The molecule has 0 aliphatic rings. The Labute approximate surface area is 100 Å². The summed E-state index contributed by atoms with van der Waals surface area (Å²) in [7, 11) is 3.68. The Morgan fingerprint density at radius 1 is 1.12 bits per heavy atom. The molecule has 2 rings (SSSR count). The van der Waals surface area contributed by atoms with Crippen molar-refractivity contribution in [2.45, 2.75) is 0 Å². The van der Waals surface area contributed by atoms with E-state index in [4.69, 9.17) is 5.26 Å². The number of anilines is 1. The van der Waals surface area contributed by atoms with Crippen LogP contribution in [0.4, 0.5) is 5.82 Å². The number of aromatic nitrogens is 2. The van der Waals surface area contributed by atoms with Gasteiger partial charge in [0.05, 0.1) is 11.3 Å². The fourth-order valence-corrected chi connectivity index (χ4v) is 1.55. The van der Waals surface area contributed by atoms with Crippen LogP contribution in [0, 0.1) is 11.3 Å². The van der Waals surface area contributed by atoms with Gasteiger partial charge in [-0.15, -0.1) is 10.2 Å². The molecule has 0 N–H and O–H groups in total. The molecular formula is C13H12N4. The van der Waals surface area contributed by atoms with Crippen molar-refractivity contribution in [1.29, 1.82) is 5.26 Å². The molecule has 4 heteroatoms. The van der Waals surface area contributed by atoms with E-state index in [9.17, 15) is 0 Å². The van der Waals surface area contributed by atoms with E-state index in [1.807, 2.05) is 44.4 Å². The molecule has 84 valence electrons. The Hall–Kier alpha value is -2.41. The van der Waals surface area contributed by atoms with Crippen molar-refractivity contribution in [2.24, 2.45) is 0 Å². The zero-order chi connectivity index (χ0) is 12.3. The van der Waals surface area contributed by atoms with Crippen molar-refractivity contribution in [3.8, 4) is 17.3 Å². The number of benzene rings is 1. The molecule has 1 heterocycles. The first-order valence-corrected chi connectivity index (χ1v) is 5.23. The topological polar surface area (TPSA) is 52.8 Å². The van der Waals surface area contributed by atoms with Crippen molar-refractivity contribution in [3.05, 3.63) is 42.0 Å². The summed E-state index contributed by atoms with van der Waals surface area (Å²) in [5.74, 6) is 0.590. The third-order valence-electron chi connectivity index (χ3n) is 2.39. The highest BCUT2D eigenvalue weighted by Crippen LogP contribution is 2.21. The minimum atomic E-state index is 0.531. The molecule has 0 unspecified atom stereocenters. The predicted octanol–water partition coefficient (Wildman–Crippen LogP) is 2.08. The molecule has 0 atom stereocenters. The van der Waals surface area contributed by atoms with E-state index in [0.717, 1.165) is 5.56 Å². The second-order valence-corrected chi connectivity index (χ2v) is 3.84. The van der Waals surface area contributed by atoms with Gasteiger partial charge in [0.2, 0.25) is 0 Å². The maximum absolute atomic E-state index is 9.09. The standard InChI is InChI=1S/C13H12N4/c1-17(2)13-11(9-14)8-12(15-16-13)10-6-4-3-5-7-10/h3-8H,1-2H3. The van der Waals surface area contributed by atoms with Gasteiger partial charge in [-0.05, 0) is 6.07 Å². The van der Waals surface area contributed by atoms with Crippen LogP contribution in [0.2, 0.25) is 0 Å². The second kappa shape index (κ2) is 4.62. The zero-order valence-corrected chi connectivity index (χ0v) is 9.75. The third-order valence-corrected chi connectivity index (χ3v) is 2.39. The molecule has 0 aliphatic heterocycles. The Bertz CT molecular complexity index is 555. The van der Waals surface area contributed by atoms with Crippen molar-refractivity contribution in [3.63, 3.8) is 0 Å². The molecular weight excluding hydrogens is 212 g/mol. The van der Waals surface area contributed by atoms with Gasteiger partial charge in [-0.1, -0.05) is 30.3 Å². The summed E-state index contributed by atoms with van der Waals surface area (Å²) in [6, 6.07) is 13.6. The molecule has 0 bridgehead atoms. The number of rotatable bonds is 2. The second-order valence-electron chi connectivity index (χ2n) is 3.84. The molecule has 0 amide bonds. The predicted molar refractivity (Wildman–Crippen MR) is 66.5 cm³/mol. The quantitative estimate of drug-likeness (QED) is 0.783. The molecule has 4 nitrogen and oxygen atoms in total. The first kappa shape index (κ1) is 11.1. The number of hydrogen-bond acceptors (Lipinski definition) is 4. The molecule has 2 aromatic rings. The maximum atomic E-state index is 9.09. The average molecular weight is 224 g/mol. The normalized spacial score (nSPS) is 9.71. The maximum Gasteiger partial charge on any atom is 0.168 e. The Balaban J connectivity index is 2.50. The summed E-state index contributed by atoms with van der Waals surface area (Å²) in [4.78, 5) is 1.78. The lowest BCUT2D eigenvalue weighted by atomic mass is 10.1. The Kier molecular flexibility index (Phi) is 3.01. The van der Waals surface area contributed by atoms with Crippen LogP contribution in [0.1, 0.15) is 5.56 Å². The molecule has 0 aliphatic carbocycles. The number of nitrogens with zero attached hydrogens (tertiary/aromatic N) is 4. The fraction of sp³-hybridized carbons (Fsp3) is 0.154. The summed E-state index contributed by atoms with van der Waals surface area (Å²) in [5.41, 5.74) is 2.21. The molecule has 17 heavy (non-hydrogen) atoms. The van der Waals surface area contributed by atoms with Crippen LogP contribution in [-0.2, 0) is 0 Å². The van der Waals surface area contributed by atoms with Crippen LogP contribution in [0.25, 0.3) is 11.3 Å². The molecule has 0 radical (unpaired) electrons. The summed E-state index contributed by atoms with van der Waals surface area (Å²) >= 11 is 0. The van der Waals surface area contributed by atoms with Crippen LogP contribution in [0.5, 0.6) is 0 Å². The highest BCUT2D eigenvalue weighted by molar-refractivity contribution is 5.64. The third kappa shape index (κ3) is 2.23. The van der Waals surface area contributed by atoms with E-state index in [-0.39, 0.29) is 0 Å². The molecule has 1 aromatic carbocycles. The van der Waals surface area contributed by atoms with Gasteiger partial charge in [-0.2, -0.15) is 5.26 Å². The van der Waals surface area contributed by atoms with Crippen LogP contribution in [0.3, 0.4) is 0 Å². The van der Waals surface area contributed by atoms with Crippen LogP contribution >= 0.6 is 0 Å². The lowest BCUT2D eigenvalue weighted by Crippen LogP contribution is -2.13. The molecule has 0 spiro atoms. The van der Waals surface area contributed by atoms with Crippen LogP contribution < -0.4 is 4.90 Å². The largest absolute Gasteiger partial charge is 0.360 e. The van der Waals surface area contributed by atoms with Crippen LogP contribution in [-0.4, -0.2) is 24.3 Å². The average Bonchev–Trinajstić information content (AvgIpc) is 2.39. The van der Waals surface area contributed by atoms with Gasteiger partial charge in [-0.25, -0.2) is 0 Å². The van der Waals surface area contributed by atoms with Crippen molar-refractivity contribution < 1.29 is 0 Å². The molecule has 0 saturated carbocycles. The van der Waals surface area contributed by atoms with Gasteiger partial charge < -0.3 is 4.90 Å². The fourth-order valence-electron chi connectivity index (χ4n) is 1.55. The van der Waals surface area contributed by atoms with E-state index < -0.39 is 0 Å². The van der Waals surface area contributed by atoms with E-state index >= 15 is 0 Å². The van der Waals surface area contributed by atoms with E-state index in [1.165, 1.54) is 0 Å². The first-order valence-electron chi connectivity index (χ1n) is 5.23. The number of nitriles is 1. The summed E-state index contributed by atoms with van der Waals surface area (Å²) in [5, 5.41) is 17.3. The number of hydrogen-bond donors (Lipinski definition) is 0. The van der Waals surface area contributed by atoms with Crippen molar-refractivity contribution >= 4 is 5.82 Å². The van der Waals surface area contributed by atoms with Gasteiger partial charge in [0.15, 0.2) is 5.82 Å². The minimum absolute atomic E-state index is 0.531. The van der Waals surface area contributed by atoms with Crippen molar-refractivity contribution in [1.82, 2.24) is 10.2 Å². The summed E-state index contributed by atoms with van der Waals surface area (Å²) in [6.45, 7) is 0. The van der Waals surface area contributed by atoms with Crippen molar-refractivity contribution in [2.75, 3.05) is 19.0 Å². The zero-order valence-electron chi connectivity index (χ0n) is 9.75. The lowest BCUT2D eigenvalue weighted by Gasteiger charge is -2.12. The molecule has 0 saturated heterocycles. The smallest absolute Gasteiger partial charge is 0.168 e. The highest BCUT2D eigenvalue weighted by atomic mass is 15.2. The van der Waals surface area contributed by atoms with E-state index in [2.05, 4.69) is 16.3 Å². The SMILES string of the molecule is CN(C)c1nnc(-c2ccccc2)cc1C#N. The Morgan fingerprint density at radius 3 is 2.41 bits per heavy atom. The minimum Gasteiger partial charge on any atom is -0.360 e. The van der Waals surface area contributed by atoms with Gasteiger partial charge in [-0.3, -0.25) is 0 Å². The molecule has 1 aromatic heterocycles. The molecule has 0 fully saturated rings. The first-order chi connectivity index (χ1) is 8.22. The van der Waals surface area contributed by atoms with E-state index in [0.29, 0.717) is 17.1 Å². The summed E-state index contributed by atoms with van der Waals surface area (Å²) in [6.07, 6.45) is 0. The van der Waals surface area contributed by atoms with E-state index in [1.54, 1.807) is 11.0 Å². The van der Waals surface area contributed by atoms with Crippen LogP contribution in [0.15, 0.2) is 36.4 Å². The summed E-state index contributed by atoms with van der Waals surface area (Å²) < 4.78 is 0. The monoisotopic (exact) mass is 224 g/mol. The highest BCUT2D eigenvalue weighted by Gasteiger charge is 2.09. The van der Waals surface area contributed by atoms with Gasteiger partial charge in [0, 0.05) is 19.7 Å². The van der Waals surface area contributed by atoms with Gasteiger partial charge in [0.1, 0.15) is 6.07 Å².